The van der Waals surface area contributed by atoms with Gasteiger partial charge in [0.05, 0.1) is 6.61 Å². The van der Waals surface area contributed by atoms with Crippen molar-refractivity contribution in [1.29, 1.82) is 0 Å². The minimum atomic E-state index is -1.51. The first-order chi connectivity index (χ1) is 17.1. The topological polar surface area (TPSA) is 132 Å². The monoisotopic (exact) mass is 561 g/mol. The molecule has 1 aliphatic rings. The maximum absolute atomic E-state index is 13.3. The summed E-state index contributed by atoms with van der Waals surface area (Å²) in [6, 6.07) is 14.4. The van der Waals surface area contributed by atoms with Gasteiger partial charge < -0.3 is 19.3 Å². The van der Waals surface area contributed by atoms with E-state index in [0.29, 0.717) is 29.9 Å². The first-order valence-corrected chi connectivity index (χ1v) is 12.5. The van der Waals surface area contributed by atoms with Gasteiger partial charge in [-0.2, -0.15) is 0 Å². The van der Waals surface area contributed by atoms with E-state index >= 15 is 0 Å². The highest BCUT2D eigenvalue weighted by atomic mass is 79.9. The van der Waals surface area contributed by atoms with Crippen LogP contribution in [0.2, 0.25) is 0 Å². The van der Waals surface area contributed by atoms with Crippen molar-refractivity contribution in [2.45, 2.75) is 57.3 Å². The van der Waals surface area contributed by atoms with Crippen molar-refractivity contribution in [1.82, 2.24) is 5.43 Å². The van der Waals surface area contributed by atoms with Gasteiger partial charge in [-0.15, -0.1) is 0 Å². The smallest absolute Gasteiger partial charge is 0.306 e. The summed E-state index contributed by atoms with van der Waals surface area (Å²) < 4.78 is 18.1. The van der Waals surface area contributed by atoms with Crippen LogP contribution in [0.3, 0.4) is 0 Å². The number of benzene rings is 2. The molecule has 3 rings (SSSR count). The van der Waals surface area contributed by atoms with Gasteiger partial charge in [0.15, 0.2) is 11.6 Å². The predicted octanol–water partition coefficient (Wildman–Crippen LogP) is 3.58. The molecule has 0 saturated heterocycles. The van der Waals surface area contributed by atoms with E-state index < -0.39 is 29.1 Å². The summed E-state index contributed by atoms with van der Waals surface area (Å²) in [5.74, 6) is 5.44. The maximum Gasteiger partial charge on any atom is 0.306 e. The number of carbonyl (C=O) groups is 2. The van der Waals surface area contributed by atoms with Gasteiger partial charge in [-0.1, -0.05) is 34.1 Å². The molecule has 1 amide bonds. The Balaban J connectivity index is 1.98. The molecule has 1 aliphatic heterocycles. The molecule has 36 heavy (non-hydrogen) atoms. The molecular weight excluding hydrogens is 530 g/mol. The minimum absolute atomic E-state index is 0.0167. The number of aliphatic hydroxyl groups is 1. The van der Waals surface area contributed by atoms with E-state index in [1.165, 1.54) is 0 Å². The van der Waals surface area contributed by atoms with Crippen molar-refractivity contribution in [2.24, 2.45) is 10.8 Å². The van der Waals surface area contributed by atoms with Gasteiger partial charge in [0.25, 0.3) is 5.91 Å². The normalized spacial score (nSPS) is 19.3. The van der Waals surface area contributed by atoms with Crippen molar-refractivity contribution >= 4 is 33.7 Å². The molecule has 194 valence electrons. The maximum atomic E-state index is 13.3. The zero-order valence-corrected chi connectivity index (χ0v) is 22.2. The van der Waals surface area contributed by atoms with Crippen molar-refractivity contribution < 1.29 is 28.9 Å². The van der Waals surface area contributed by atoms with Gasteiger partial charge in [0, 0.05) is 35.0 Å². The molecule has 0 spiro atoms. The van der Waals surface area contributed by atoms with Gasteiger partial charge in [-0.3, -0.25) is 15.0 Å². The van der Waals surface area contributed by atoms with Gasteiger partial charge in [0.1, 0.15) is 11.4 Å². The van der Waals surface area contributed by atoms with E-state index in [1.807, 2.05) is 24.3 Å². The summed E-state index contributed by atoms with van der Waals surface area (Å²) in [6.07, 6.45) is -0.374. The van der Waals surface area contributed by atoms with E-state index in [1.54, 1.807) is 45.0 Å². The van der Waals surface area contributed by atoms with E-state index in [2.05, 4.69) is 21.4 Å². The molecule has 0 aromatic heterocycles. The number of carbonyl (C=O) groups excluding carboxylic acids is 2. The Bertz CT molecular complexity index is 1100. The molecule has 0 fully saturated rings. The van der Waals surface area contributed by atoms with Gasteiger partial charge in [-0.25, -0.2) is 10.8 Å². The fourth-order valence-corrected chi connectivity index (χ4v) is 4.34. The number of hydrazine groups is 1. The van der Waals surface area contributed by atoms with Gasteiger partial charge in [0.2, 0.25) is 5.90 Å². The molecule has 0 aliphatic carbocycles. The fraction of sp³-hybridized carbons (Fsp3) is 0.423. The standard InChI is InChI=1S/C26H32BrN3O6/c1-25(2,3)36-21(32)13-14-26(24(33)30-28)22(19-7-4-5-8-20(19)27)35-23(29-26)17-9-11-18(12-10-17)34-16-6-15-31/h4-5,7-12,22,31H,6,13-16,28H2,1-3H3,(H,30,33)/t22-,26-/m0/s1. The molecule has 0 unspecified atom stereocenters. The first-order valence-electron chi connectivity index (χ1n) is 11.7. The zero-order chi connectivity index (χ0) is 26.3. The van der Waals surface area contributed by atoms with Crippen molar-refractivity contribution in [3.05, 3.63) is 64.1 Å². The van der Waals surface area contributed by atoms with Crippen molar-refractivity contribution in [3.8, 4) is 5.75 Å². The van der Waals surface area contributed by atoms with E-state index in [4.69, 9.17) is 30.2 Å². The number of rotatable bonds is 10. The average molecular weight is 562 g/mol. The number of ether oxygens (including phenoxy) is 3. The van der Waals surface area contributed by atoms with Crippen LogP contribution in [0.1, 0.15) is 57.3 Å². The molecule has 4 N–H and O–H groups in total. The second kappa shape index (κ2) is 11.9. The lowest BCUT2D eigenvalue weighted by atomic mass is 9.83. The van der Waals surface area contributed by atoms with Crippen LogP contribution in [-0.4, -0.2) is 47.2 Å². The molecule has 2 aromatic rings. The molecule has 9 nitrogen and oxygen atoms in total. The Hall–Kier alpha value is -2.95. The Morgan fingerprint density at radius 1 is 1.19 bits per heavy atom. The van der Waals surface area contributed by atoms with Crippen molar-refractivity contribution in [2.75, 3.05) is 13.2 Å². The number of hydrogen-bond donors (Lipinski definition) is 3. The number of nitrogens with two attached hydrogens (primary N) is 1. The Labute approximate surface area is 219 Å². The average Bonchev–Trinajstić information content (AvgIpc) is 3.23. The lowest BCUT2D eigenvalue weighted by Crippen LogP contribution is -2.51. The number of nitrogens with zero attached hydrogens (tertiary/aromatic N) is 1. The summed E-state index contributed by atoms with van der Waals surface area (Å²) in [4.78, 5) is 30.6. The van der Waals surface area contributed by atoms with Crippen LogP contribution < -0.4 is 16.0 Å². The fourth-order valence-electron chi connectivity index (χ4n) is 3.85. The molecule has 2 aromatic carbocycles. The highest BCUT2D eigenvalue weighted by Gasteiger charge is 2.53. The van der Waals surface area contributed by atoms with Crippen LogP contribution in [0.5, 0.6) is 5.75 Å². The molecule has 0 bridgehead atoms. The third-order valence-electron chi connectivity index (χ3n) is 5.48. The van der Waals surface area contributed by atoms with Gasteiger partial charge in [-0.05, 0) is 57.5 Å². The zero-order valence-electron chi connectivity index (χ0n) is 20.6. The number of hydrogen-bond acceptors (Lipinski definition) is 8. The number of amides is 1. The van der Waals surface area contributed by atoms with E-state index in [-0.39, 0.29) is 25.3 Å². The Morgan fingerprint density at radius 3 is 2.50 bits per heavy atom. The highest BCUT2D eigenvalue weighted by Crippen LogP contribution is 2.45. The minimum Gasteiger partial charge on any atom is -0.494 e. The number of halogens is 1. The predicted molar refractivity (Wildman–Crippen MR) is 138 cm³/mol. The largest absolute Gasteiger partial charge is 0.494 e. The van der Waals surface area contributed by atoms with Crippen LogP contribution >= 0.6 is 15.9 Å². The second-order valence-electron chi connectivity index (χ2n) is 9.37. The summed E-state index contributed by atoms with van der Waals surface area (Å²) >= 11 is 3.54. The van der Waals surface area contributed by atoms with Crippen LogP contribution in [-0.2, 0) is 19.1 Å². The van der Waals surface area contributed by atoms with Crippen LogP contribution in [0.15, 0.2) is 58.0 Å². The second-order valence-corrected chi connectivity index (χ2v) is 10.2. The third kappa shape index (κ3) is 6.63. The molecule has 2 atom stereocenters. The summed E-state index contributed by atoms with van der Waals surface area (Å²) in [6.45, 7) is 5.78. The third-order valence-corrected chi connectivity index (χ3v) is 6.20. The summed E-state index contributed by atoms with van der Waals surface area (Å²) in [7, 11) is 0. The first kappa shape index (κ1) is 27.6. The van der Waals surface area contributed by atoms with Crippen molar-refractivity contribution in [3.63, 3.8) is 0 Å². The van der Waals surface area contributed by atoms with Crippen LogP contribution in [0.25, 0.3) is 0 Å². The van der Waals surface area contributed by atoms with Crippen LogP contribution in [0.4, 0.5) is 0 Å². The molecular formula is C26H32BrN3O6. The lowest BCUT2D eigenvalue weighted by molar-refractivity contribution is -0.155. The SMILES string of the molecule is CC(C)(C)OC(=O)CC[C@]1(C(=O)NN)N=C(c2ccc(OCCCO)cc2)O[C@H]1c1ccccc1Br. The van der Waals surface area contributed by atoms with E-state index in [0.717, 1.165) is 4.47 Å². The van der Waals surface area contributed by atoms with Gasteiger partial charge >= 0.3 is 5.97 Å². The van der Waals surface area contributed by atoms with Crippen LogP contribution in [0, 0.1) is 0 Å². The highest BCUT2D eigenvalue weighted by molar-refractivity contribution is 9.10. The number of aliphatic imine (C=N–C) groups is 1. The Morgan fingerprint density at radius 2 is 1.89 bits per heavy atom. The quantitative estimate of drug-likeness (QED) is 0.133. The number of aliphatic hydroxyl groups excluding tert-OH is 1. The Kier molecular flexibility index (Phi) is 9.10. The lowest BCUT2D eigenvalue weighted by Gasteiger charge is -2.30. The number of nitrogens with one attached hydrogen (secondary N) is 1. The van der Waals surface area contributed by atoms with E-state index in [9.17, 15) is 9.59 Å². The number of esters is 1. The molecule has 10 heteroatoms. The molecule has 0 saturated carbocycles. The summed E-state index contributed by atoms with van der Waals surface area (Å²) in [5, 5.41) is 8.93. The molecule has 0 radical (unpaired) electrons. The summed E-state index contributed by atoms with van der Waals surface area (Å²) in [5.41, 5.74) is 1.36. The molecule has 1 heterocycles.